The van der Waals surface area contributed by atoms with Gasteiger partial charge < -0.3 is 15.5 Å². The van der Waals surface area contributed by atoms with E-state index in [9.17, 15) is 9.90 Å². The molecule has 20 heavy (non-hydrogen) atoms. The number of anilines is 1. The average molecular weight is 298 g/mol. The van der Waals surface area contributed by atoms with Crippen LogP contribution in [-0.2, 0) is 4.79 Å². The molecule has 4 nitrogen and oxygen atoms in total. The number of nitrogens with one attached hydrogen (secondary N) is 1. The van der Waals surface area contributed by atoms with Gasteiger partial charge in [-0.3, -0.25) is 4.79 Å². The molecule has 0 heterocycles. The Hall–Kier alpha value is -1.26. The minimum atomic E-state index is -0.833. The molecule has 0 unspecified atom stereocenters. The molecule has 1 aliphatic rings. The van der Waals surface area contributed by atoms with E-state index in [1.54, 1.807) is 0 Å². The predicted molar refractivity (Wildman–Crippen MR) is 79.2 cm³/mol. The smallest absolute Gasteiger partial charge is 0.306 e. The fourth-order valence-corrected chi connectivity index (χ4v) is 2.80. The van der Waals surface area contributed by atoms with Crippen LogP contribution in [0.25, 0.3) is 0 Å². The third-order valence-electron chi connectivity index (χ3n) is 4.07. The number of aliphatic carboxylic acids is 1. The summed E-state index contributed by atoms with van der Waals surface area (Å²) in [5, 5.41) is 23.4. The highest BCUT2D eigenvalue weighted by molar-refractivity contribution is 6.30. The number of carboxylic acids is 1. The summed E-state index contributed by atoms with van der Waals surface area (Å²) in [7, 11) is 0. The fraction of sp³-hybridized carbons (Fsp3) is 0.533. The fourth-order valence-electron chi connectivity index (χ4n) is 2.62. The van der Waals surface area contributed by atoms with Crippen LogP contribution in [0.5, 0.6) is 0 Å². The summed E-state index contributed by atoms with van der Waals surface area (Å²) in [4.78, 5) is 10.9. The molecule has 1 aromatic rings. The Morgan fingerprint density at radius 2 is 2.10 bits per heavy atom. The first-order valence-electron chi connectivity index (χ1n) is 6.85. The van der Waals surface area contributed by atoms with Gasteiger partial charge in [-0.2, -0.15) is 0 Å². The normalized spacial score (nSPS) is 26.2. The predicted octanol–water partition coefficient (Wildman–Crippen LogP) is 3.07. The molecule has 0 saturated heterocycles. The van der Waals surface area contributed by atoms with Crippen LogP contribution in [0, 0.1) is 12.8 Å². The molecule has 1 fully saturated rings. The largest absolute Gasteiger partial charge is 0.481 e. The van der Waals surface area contributed by atoms with Gasteiger partial charge in [0.05, 0.1) is 11.5 Å². The Morgan fingerprint density at radius 3 is 2.70 bits per heavy atom. The lowest BCUT2D eigenvalue weighted by molar-refractivity contribution is -0.144. The molecular weight excluding hydrogens is 278 g/mol. The van der Waals surface area contributed by atoms with Gasteiger partial charge in [0.1, 0.15) is 0 Å². The molecule has 1 aromatic carbocycles. The van der Waals surface area contributed by atoms with Crippen LogP contribution in [0.4, 0.5) is 5.69 Å². The van der Waals surface area contributed by atoms with Gasteiger partial charge in [0, 0.05) is 17.3 Å². The van der Waals surface area contributed by atoms with Crippen molar-refractivity contribution in [2.75, 3.05) is 11.9 Å². The number of aliphatic hydroxyl groups is 1. The number of carbonyl (C=O) groups is 1. The second-order valence-corrected chi connectivity index (χ2v) is 6.09. The summed E-state index contributed by atoms with van der Waals surface area (Å²) < 4.78 is 0. The number of rotatable bonds is 4. The van der Waals surface area contributed by atoms with Crippen LogP contribution >= 0.6 is 11.6 Å². The number of carboxylic acid groups (broad SMARTS) is 1. The zero-order valence-corrected chi connectivity index (χ0v) is 12.3. The second kappa shape index (κ2) is 6.02. The van der Waals surface area contributed by atoms with Crippen molar-refractivity contribution in [3.63, 3.8) is 0 Å². The Morgan fingerprint density at radius 1 is 1.45 bits per heavy atom. The maximum atomic E-state index is 10.9. The highest BCUT2D eigenvalue weighted by Gasteiger charge is 2.35. The van der Waals surface area contributed by atoms with Gasteiger partial charge in [0.25, 0.3) is 0 Å². The molecule has 110 valence electrons. The number of aryl methyl sites for hydroxylation is 1. The van der Waals surface area contributed by atoms with Gasteiger partial charge in [-0.05, 0) is 50.3 Å². The van der Waals surface area contributed by atoms with E-state index in [0.29, 0.717) is 37.3 Å². The SMILES string of the molecule is Cc1ccc(Cl)cc1NCC1(O)CCC(C(=O)O)CC1. The van der Waals surface area contributed by atoms with Gasteiger partial charge in [0.15, 0.2) is 0 Å². The molecule has 3 N–H and O–H groups in total. The molecule has 1 saturated carbocycles. The minimum Gasteiger partial charge on any atom is -0.481 e. The monoisotopic (exact) mass is 297 g/mol. The van der Waals surface area contributed by atoms with E-state index in [4.69, 9.17) is 16.7 Å². The molecule has 2 rings (SSSR count). The van der Waals surface area contributed by atoms with E-state index >= 15 is 0 Å². The van der Waals surface area contributed by atoms with E-state index < -0.39 is 11.6 Å². The Bertz CT molecular complexity index is 496. The summed E-state index contributed by atoms with van der Waals surface area (Å²) >= 11 is 5.96. The molecule has 0 atom stereocenters. The summed E-state index contributed by atoms with van der Waals surface area (Å²) in [6, 6.07) is 5.59. The standard InChI is InChI=1S/C15H20ClNO3/c1-10-2-3-12(16)8-13(10)17-9-15(20)6-4-11(5-7-15)14(18)19/h2-3,8,11,17,20H,4-7,9H2,1H3,(H,18,19). The molecule has 0 radical (unpaired) electrons. The number of hydrogen-bond donors (Lipinski definition) is 3. The van der Waals surface area contributed by atoms with E-state index in [1.165, 1.54) is 0 Å². The first-order chi connectivity index (χ1) is 9.39. The quantitative estimate of drug-likeness (QED) is 0.799. The van der Waals surface area contributed by atoms with E-state index in [0.717, 1.165) is 11.3 Å². The van der Waals surface area contributed by atoms with Gasteiger partial charge >= 0.3 is 5.97 Å². The van der Waals surface area contributed by atoms with Crippen LogP contribution in [0.15, 0.2) is 18.2 Å². The Balaban J connectivity index is 1.94. The molecule has 0 spiro atoms. The summed E-state index contributed by atoms with van der Waals surface area (Å²) in [5.74, 6) is -1.08. The topological polar surface area (TPSA) is 69.6 Å². The van der Waals surface area contributed by atoms with Crippen molar-refractivity contribution in [3.8, 4) is 0 Å². The highest BCUT2D eigenvalue weighted by atomic mass is 35.5. The second-order valence-electron chi connectivity index (χ2n) is 5.65. The molecule has 0 amide bonds. The minimum absolute atomic E-state index is 0.316. The van der Waals surface area contributed by atoms with Crippen LogP contribution in [0.1, 0.15) is 31.2 Å². The van der Waals surface area contributed by atoms with Crippen LogP contribution in [-0.4, -0.2) is 28.3 Å². The van der Waals surface area contributed by atoms with Crippen molar-refractivity contribution in [1.82, 2.24) is 0 Å². The zero-order chi connectivity index (χ0) is 14.8. The van der Waals surface area contributed by atoms with Gasteiger partial charge in [0.2, 0.25) is 0 Å². The molecule has 0 aromatic heterocycles. The third-order valence-corrected chi connectivity index (χ3v) is 4.31. The van der Waals surface area contributed by atoms with Crippen molar-refractivity contribution in [2.24, 2.45) is 5.92 Å². The lowest BCUT2D eigenvalue weighted by atomic mass is 9.79. The van der Waals surface area contributed by atoms with Gasteiger partial charge in [-0.25, -0.2) is 0 Å². The van der Waals surface area contributed by atoms with Gasteiger partial charge in [-0.15, -0.1) is 0 Å². The molecular formula is C15H20ClNO3. The van der Waals surface area contributed by atoms with Crippen LogP contribution in [0.2, 0.25) is 5.02 Å². The van der Waals surface area contributed by atoms with E-state index in [-0.39, 0.29) is 5.92 Å². The average Bonchev–Trinajstić information content (AvgIpc) is 2.40. The maximum absolute atomic E-state index is 10.9. The maximum Gasteiger partial charge on any atom is 0.306 e. The summed E-state index contributed by atoms with van der Waals surface area (Å²) in [6.45, 7) is 2.39. The Labute approximate surface area is 123 Å². The van der Waals surface area contributed by atoms with Crippen molar-refractivity contribution in [3.05, 3.63) is 28.8 Å². The third kappa shape index (κ3) is 3.64. The Kier molecular flexibility index (Phi) is 4.55. The van der Waals surface area contributed by atoms with Crippen molar-refractivity contribution in [1.29, 1.82) is 0 Å². The van der Waals surface area contributed by atoms with Crippen molar-refractivity contribution in [2.45, 2.75) is 38.2 Å². The molecule has 5 heteroatoms. The molecule has 0 bridgehead atoms. The number of halogens is 1. The van der Waals surface area contributed by atoms with E-state index in [1.807, 2.05) is 25.1 Å². The number of hydrogen-bond acceptors (Lipinski definition) is 3. The van der Waals surface area contributed by atoms with Gasteiger partial charge in [-0.1, -0.05) is 17.7 Å². The van der Waals surface area contributed by atoms with Crippen molar-refractivity contribution < 1.29 is 15.0 Å². The van der Waals surface area contributed by atoms with Crippen LogP contribution < -0.4 is 5.32 Å². The summed E-state index contributed by atoms with van der Waals surface area (Å²) in [6.07, 6.45) is 2.08. The highest BCUT2D eigenvalue weighted by Crippen LogP contribution is 2.33. The van der Waals surface area contributed by atoms with Crippen molar-refractivity contribution >= 4 is 23.3 Å². The molecule has 1 aliphatic carbocycles. The first-order valence-corrected chi connectivity index (χ1v) is 7.23. The van der Waals surface area contributed by atoms with Crippen LogP contribution in [0.3, 0.4) is 0 Å². The number of benzene rings is 1. The summed E-state index contributed by atoms with van der Waals surface area (Å²) in [5.41, 5.74) is 1.14. The lowest BCUT2D eigenvalue weighted by Gasteiger charge is -2.35. The lowest BCUT2D eigenvalue weighted by Crippen LogP contribution is -2.41. The zero-order valence-electron chi connectivity index (χ0n) is 11.5. The first kappa shape index (κ1) is 15.1. The van der Waals surface area contributed by atoms with E-state index in [2.05, 4.69) is 5.32 Å². The molecule has 0 aliphatic heterocycles.